The molecule has 0 spiro atoms. The van der Waals surface area contributed by atoms with E-state index in [9.17, 15) is 9.18 Å². The van der Waals surface area contributed by atoms with Crippen LogP contribution in [0.25, 0.3) is 0 Å². The molecule has 0 bridgehead atoms. The second kappa shape index (κ2) is 6.50. The quantitative estimate of drug-likeness (QED) is 0.831. The molecule has 1 heterocycles. The third kappa shape index (κ3) is 3.66. The van der Waals surface area contributed by atoms with Crippen molar-refractivity contribution in [2.24, 2.45) is 5.92 Å². The first-order valence-electron chi connectivity index (χ1n) is 6.88. The Labute approximate surface area is 112 Å². The van der Waals surface area contributed by atoms with Gasteiger partial charge in [-0.05, 0) is 25.3 Å². The fourth-order valence-electron chi connectivity index (χ4n) is 2.19. The SMILES string of the molecule is CCNc1ncc(F)cc1C(=O)NCCC1CCC1. The number of nitrogens with zero attached hydrogens (tertiary/aromatic N) is 1. The van der Waals surface area contributed by atoms with E-state index in [2.05, 4.69) is 15.6 Å². The topological polar surface area (TPSA) is 54.0 Å². The van der Waals surface area contributed by atoms with Crippen molar-refractivity contribution in [1.29, 1.82) is 0 Å². The fourth-order valence-corrected chi connectivity index (χ4v) is 2.19. The van der Waals surface area contributed by atoms with E-state index in [4.69, 9.17) is 0 Å². The van der Waals surface area contributed by atoms with Crippen LogP contribution in [0.1, 0.15) is 43.0 Å². The highest BCUT2D eigenvalue weighted by molar-refractivity contribution is 5.98. The molecular formula is C14H20FN3O. The standard InChI is InChI=1S/C14H20FN3O/c1-2-16-13-12(8-11(15)9-18-13)14(19)17-7-6-10-4-3-5-10/h8-10H,2-7H2,1H3,(H,16,18)(H,17,19). The first-order chi connectivity index (χ1) is 9.20. The lowest BCUT2D eigenvalue weighted by molar-refractivity contribution is 0.0949. The molecule has 5 heteroatoms. The molecular weight excluding hydrogens is 245 g/mol. The van der Waals surface area contributed by atoms with Gasteiger partial charge < -0.3 is 10.6 Å². The zero-order chi connectivity index (χ0) is 13.7. The van der Waals surface area contributed by atoms with E-state index in [1.54, 1.807) is 0 Å². The van der Waals surface area contributed by atoms with Crippen LogP contribution in [0.15, 0.2) is 12.3 Å². The van der Waals surface area contributed by atoms with Crippen LogP contribution in [-0.2, 0) is 0 Å². The number of carbonyl (C=O) groups excluding carboxylic acids is 1. The second-order valence-electron chi connectivity index (χ2n) is 4.92. The molecule has 0 aromatic carbocycles. The number of aromatic nitrogens is 1. The van der Waals surface area contributed by atoms with E-state index in [0.717, 1.165) is 18.5 Å². The van der Waals surface area contributed by atoms with Crippen LogP contribution in [0.3, 0.4) is 0 Å². The Morgan fingerprint density at radius 1 is 1.53 bits per heavy atom. The van der Waals surface area contributed by atoms with Gasteiger partial charge in [-0.1, -0.05) is 19.3 Å². The van der Waals surface area contributed by atoms with Crippen molar-refractivity contribution >= 4 is 11.7 Å². The predicted molar refractivity (Wildman–Crippen MR) is 72.6 cm³/mol. The molecule has 1 aromatic rings. The Hall–Kier alpha value is -1.65. The van der Waals surface area contributed by atoms with E-state index < -0.39 is 5.82 Å². The van der Waals surface area contributed by atoms with Gasteiger partial charge in [-0.3, -0.25) is 4.79 Å². The number of halogens is 1. The van der Waals surface area contributed by atoms with Crippen molar-refractivity contribution in [2.45, 2.75) is 32.6 Å². The van der Waals surface area contributed by atoms with Crippen LogP contribution in [0.5, 0.6) is 0 Å². The van der Waals surface area contributed by atoms with Gasteiger partial charge in [-0.2, -0.15) is 0 Å². The van der Waals surface area contributed by atoms with Crippen molar-refractivity contribution in [2.75, 3.05) is 18.4 Å². The summed E-state index contributed by atoms with van der Waals surface area (Å²) in [5, 5.41) is 5.81. The first kappa shape index (κ1) is 13.8. The Morgan fingerprint density at radius 3 is 2.95 bits per heavy atom. The lowest BCUT2D eigenvalue weighted by atomic mass is 9.83. The molecule has 19 heavy (non-hydrogen) atoms. The maximum Gasteiger partial charge on any atom is 0.255 e. The van der Waals surface area contributed by atoms with E-state index in [1.165, 1.54) is 25.3 Å². The normalized spacial score (nSPS) is 14.8. The number of anilines is 1. The molecule has 0 unspecified atom stereocenters. The van der Waals surface area contributed by atoms with E-state index >= 15 is 0 Å². The maximum absolute atomic E-state index is 13.2. The summed E-state index contributed by atoms with van der Waals surface area (Å²) in [6.07, 6.45) is 5.95. The molecule has 1 aromatic heterocycles. The van der Waals surface area contributed by atoms with Gasteiger partial charge in [0.1, 0.15) is 11.6 Å². The molecule has 1 aliphatic carbocycles. The zero-order valence-electron chi connectivity index (χ0n) is 11.2. The summed E-state index contributed by atoms with van der Waals surface area (Å²) >= 11 is 0. The molecule has 1 fully saturated rings. The Bertz CT molecular complexity index is 446. The Balaban J connectivity index is 1.94. The van der Waals surface area contributed by atoms with Crippen LogP contribution in [0.4, 0.5) is 10.2 Å². The average molecular weight is 265 g/mol. The smallest absolute Gasteiger partial charge is 0.255 e. The molecule has 2 N–H and O–H groups in total. The van der Waals surface area contributed by atoms with Gasteiger partial charge in [0, 0.05) is 13.1 Å². The summed E-state index contributed by atoms with van der Waals surface area (Å²) in [6, 6.07) is 1.23. The summed E-state index contributed by atoms with van der Waals surface area (Å²) in [5.74, 6) is 0.428. The molecule has 0 saturated heterocycles. The predicted octanol–water partition coefficient (Wildman–Crippen LogP) is 2.57. The second-order valence-corrected chi connectivity index (χ2v) is 4.92. The Morgan fingerprint density at radius 2 is 2.32 bits per heavy atom. The number of amides is 1. The van der Waals surface area contributed by atoms with Gasteiger partial charge in [0.05, 0.1) is 11.8 Å². The summed E-state index contributed by atoms with van der Waals surface area (Å²) in [6.45, 7) is 3.19. The monoisotopic (exact) mass is 265 g/mol. The molecule has 0 atom stereocenters. The third-order valence-electron chi connectivity index (χ3n) is 3.51. The lowest BCUT2D eigenvalue weighted by Crippen LogP contribution is -2.28. The minimum Gasteiger partial charge on any atom is -0.370 e. The molecule has 1 aliphatic rings. The van der Waals surface area contributed by atoms with E-state index in [-0.39, 0.29) is 11.5 Å². The minimum atomic E-state index is -0.495. The van der Waals surface area contributed by atoms with Crippen molar-refractivity contribution in [1.82, 2.24) is 10.3 Å². The Kier molecular flexibility index (Phi) is 4.71. The summed E-state index contributed by atoms with van der Waals surface area (Å²) in [5.41, 5.74) is 0.274. The van der Waals surface area contributed by atoms with Crippen LogP contribution in [0.2, 0.25) is 0 Å². The molecule has 1 amide bonds. The van der Waals surface area contributed by atoms with Gasteiger partial charge in [0.15, 0.2) is 0 Å². The average Bonchev–Trinajstić information content (AvgIpc) is 2.34. The van der Waals surface area contributed by atoms with Gasteiger partial charge in [-0.25, -0.2) is 9.37 Å². The van der Waals surface area contributed by atoms with Gasteiger partial charge >= 0.3 is 0 Å². The van der Waals surface area contributed by atoms with E-state index in [0.29, 0.717) is 18.9 Å². The largest absolute Gasteiger partial charge is 0.370 e. The minimum absolute atomic E-state index is 0.262. The van der Waals surface area contributed by atoms with Crippen molar-refractivity contribution in [3.63, 3.8) is 0 Å². The molecule has 0 radical (unpaired) electrons. The third-order valence-corrected chi connectivity index (χ3v) is 3.51. The molecule has 2 rings (SSSR count). The molecule has 1 saturated carbocycles. The summed E-state index contributed by atoms with van der Waals surface area (Å²) in [7, 11) is 0. The van der Waals surface area contributed by atoms with Gasteiger partial charge in [0.2, 0.25) is 0 Å². The van der Waals surface area contributed by atoms with Crippen molar-refractivity contribution in [3.05, 3.63) is 23.6 Å². The van der Waals surface area contributed by atoms with Gasteiger partial charge in [0.25, 0.3) is 5.91 Å². The van der Waals surface area contributed by atoms with Gasteiger partial charge in [-0.15, -0.1) is 0 Å². The zero-order valence-corrected chi connectivity index (χ0v) is 11.2. The fraction of sp³-hybridized carbons (Fsp3) is 0.571. The van der Waals surface area contributed by atoms with Crippen LogP contribution >= 0.6 is 0 Å². The first-order valence-corrected chi connectivity index (χ1v) is 6.88. The number of nitrogens with one attached hydrogen (secondary N) is 2. The highest BCUT2D eigenvalue weighted by Crippen LogP contribution is 2.28. The lowest BCUT2D eigenvalue weighted by Gasteiger charge is -2.25. The molecule has 104 valence electrons. The summed E-state index contributed by atoms with van der Waals surface area (Å²) < 4.78 is 13.2. The molecule has 0 aliphatic heterocycles. The van der Waals surface area contributed by atoms with Crippen molar-refractivity contribution < 1.29 is 9.18 Å². The number of hydrogen-bond donors (Lipinski definition) is 2. The summed E-state index contributed by atoms with van der Waals surface area (Å²) in [4.78, 5) is 15.9. The van der Waals surface area contributed by atoms with Crippen LogP contribution in [0, 0.1) is 11.7 Å². The highest BCUT2D eigenvalue weighted by Gasteiger charge is 2.18. The molecule has 4 nitrogen and oxygen atoms in total. The highest BCUT2D eigenvalue weighted by atomic mass is 19.1. The van der Waals surface area contributed by atoms with Crippen LogP contribution < -0.4 is 10.6 Å². The van der Waals surface area contributed by atoms with E-state index in [1.807, 2.05) is 6.92 Å². The number of carbonyl (C=O) groups is 1. The number of rotatable bonds is 6. The van der Waals surface area contributed by atoms with Crippen LogP contribution in [-0.4, -0.2) is 24.0 Å². The number of hydrogen-bond acceptors (Lipinski definition) is 3. The van der Waals surface area contributed by atoms with Crippen molar-refractivity contribution in [3.8, 4) is 0 Å². The number of pyridine rings is 1. The maximum atomic E-state index is 13.2.